The van der Waals surface area contributed by atoms with E-state index >= 15 is 0 Å². The van der Waals surface area contributed by atoms with Crippen LogP contribution < -0.4 is 11.1 Å². The van der Waals surface area contributed by atoms with Crippen LogP contribution in [0.5, 0.6) is 0 Å². The molecule has 3 N–H and O–H groups in total. The minimum absolute atomic E-state index is 0.106. The van der Waals surface area contributed by atoms with Crippen LogP contribution in [0.1, 0.15) is 86.4 Å². The summed E-state index contributed by atoms with van der Waals surface area (Å²) in [5, 5.41) is 7.08. The molecule has 2 bridgehead atoms. The van der Waals surface area contributed by atoms with Crippen molar-refractivity contribution in [3.63, 3.8) is 0 Å². The van der Waals surface area contributed by atoms with Gasteiger partial charge < -0.3 is 20.5 Å². The van der Waals surface area contributed by atoms with Gasteiger partial charge in [0, 0.05) is 42.1 Å². The Morgan fingerprint density at radius 2 is 1.71 bits per heavy atom. The van der Waals surface area contributed by atoms with Gasteiger partial charge in [0.05, 0.1) is 0 Å². The van der Waals surface area contributed by atoms with Crippen molar-refractivity contribution in [1.29, 1.82) is 0 Å². The van der Waals surface area contributed by atoms with E-state index in [9.17, 15) is 9.59 Å². The van der Waals surface area contributed by atoms with Crippen LogP contribution in [0, 0.1) is 5.92 Å². The molecular formula is C21H30N4O3. The summed E-state index contributed by atoms with van der Waals surface area (Å²) in [6.07, 6.45) is 9.78. The van der Waals surface area contributed by atoms with E-state index in [1.165, 1.54) is 0 Å². The fourth-order valence-corrected chi connectivity index (χ4v) is 5.45. The first-order chi connectivity index (χ1) is 13.6. The predicted molar refractivity (Wildman–Crippen MR) is 103 cm³/mol. The molecule has 0 spiro atoms. The summed E-state index contributed by atoms with van der Waals surface area (Å²) in [5.74, 6) is 1.60. The zero-order chi connectivity index (χ0) is 19.3. The highest BCUT2D eigenvalue weighted by Crippen LogP contribution is 2.41. The van der Waals surface area contributed by atoms with Crippen molar-refractivity contribution in [2.24, 2.45) is 11.7 Å². The lowest BCUT2D eigenvalue weighted by Crippen LogP contribution is -2.54. The highest BCUT2D eigenvalue weighted by molar-refractivity contribution is 5.92. The van der Waals surface area contributed by atoms with E-state index in [0.29, 0.717) is 17.5 Å². The summed E-state index contributed by atoms with van der Waals surface area (Å²) in [6, 6.07) is 2.67. The first-order valence-electron chi connectivity index (χ1n) is 10.9. The molecule has 0 radical (unpaired) electrons. The summed E-state index contributed by atoms with van der Waals surface area (Å²) in [4.78, 5) is 27.8. The minimum atomic E-state index is -0.152. The lowest BCUT2D eigenvalue weighted by molar-refractivity contribution is -0.141. The molecule has 28 heavy (non-hydrogen) atoms. The average Bonchev–Trinajstić information content (AvgIpc) is 3.35. The molecule has 3 heterocycles. The maximum absolute atomic E-state index is 13.1. The third kappa shape index (κ3) is 3.45. The molecule has 2 aliphatic heterocycles. The van der Waals surface area contributed by atoms with Gasteiger partial charge in [-0.05, 0) is 64.2 Å². The number of piperidine rings is 1. The van der Waals surface area contributed by atoms with Crippen LogP contribution >= 0.6 is 0 Å². The molecule has 4 aliphatic rings. The summed E-state index contributed by atoms with van der Waals surface area (Å²) in [7, 11) is 0. The van der Waals surface area contributed by atoms with E-state index < -0.39 is 0 Å². The van der Waals surface area contributed by atoms with E-state index in [1.54, 1.807) is 6.07 Å². The molecule has 2 aliphatic carbocycles. The molecule has 1 aromatic rings. The van der Waals surface area contributed by atoms with Crippen LogP contribution in [0.3, 0.4) is 0 Å². The number of hydrogen-bond acceptors (Lipinski definition) is 5. The highest BCUT2D eigenvalue weighted by Gasteiger charge is 2.45. The van der Waals surface area contributed by atoms with E-state index in [4.69, 9.17) is 10.3 Å². The number of carbonyl (C=O) groups excluding carboxylic acids is 2. The normalized spacial score (nSPS) is 35.0. The molecule has 1 aromatic heterocycles. The third-order valence-corrected chi connectivity index (χ3v) is 7.18. The predicted octanol–water partition coefficient (Wildman–Crippen LogP) is 2.32. The Hall–Kier alpha value is -1.89. The van der Waals surface area contributed by atoms with Crippen LogP contribution in [-0.2, 0) is 4.79 Å². The third-order valence-electron chi connectivity index (χ3n) is 7.18. The Morgan fingerprint density at radius 3 is 2.36 bits per heavy atom. The van der Waals surface area contributed by atoms with E-state index in [1.807, 2.05) is 0 Å². The van der Waals surface area contributed by atoms with Crippen LogP contribution in [0.15, 0.2) is 10.6 Å². The fraction of sp³-hybridized carbons (Fsp3) is 0.762. The standard InChI is InChI=1S/C21H30N4O3/c22-14-5-3-13(4-6-14)21(27)25-16-7-8-17(25)10-15(9-16)23-20(26)18-11-19(28-24-18)12-1-2-12/h11-17H,1-10,22H2,(H,23,26)/t13-,14+,15-,16-,17+. The molecule has 3 atom stereocenters. The van der Waals surface area contributed by atoms with Gasteiger partial charge in [-0.15, -0.1) is 0 Å². The molecule has 2 saturated carbocycles. The SMILES string of the molecule is N[C@H]1CC[C@@H](C(=O)N2[C@@H]3CC[C@H]2C[C@H](NC(=O)c2cc(C4CC4)on2)C3)CC1. The Labute approximate surface area is 165 Å². The number of nitrogens with one attached hydrogen (secondary N) is 1. The van der Waals surface area contributed by atoms with Crippen molar-refractivity contribution in [2.75, 3.05) is 0 Å². The zero-order valence-electron chi connectivity index (χ0n) is 16.3. The number of aromatic nitrogens is 1. The van der Waals surface area contributed by atoms with Crippen molar-refractivity contribution in [1.82, 2.24) is 15.4 Å². The van der Waals surface area contributed by atoms with Gasteiger partial charge in [0.2, 0.25) is 5.91 Å². The second kappa shape index (κ2) is 7.17. The Morgan fingerprint density at radius 1 is 1.04 bits per heavy atom. The smallest absolute Gasteiger partial charge is 0.273 e. The number of hydrogen-bond donors (Lipinski definition) is 2. The van der Waals surface area contributed by atoms with Crippen LogP contribution in [-0.4, -0.2) is 46.0 Å². The quantitative estimate of drug-likeness (QED) is 0.827. The van der Waals surface area contributed by atoms with Gasteiger partial charge >= 0.3 is 0 Å². The second-order valence-electron chi connectivity index (χ2n) is 9.27. The summed E-state index contributed by atoms with van der Waals surface area (Å²) in [5.41, 5.74) is 6.38. The molecule has 7 nitrogen and oxygen atoms in total. The number of fused-ring (bicyclic) bond motifs is 2. The van der Waals surface area contributed by atoms with Crippen molar-refractivity contribution in [2.45, 2.75) is 94.3 Å². The first kappa shape index (κ1) is 18.2. The van der Waals surface area contributed by atoms with E-state index in [-0.39, 0.29) is 36.0 Å². The van der Waals surface area contributed by atoms with E-state index in [0.717, 1.165) is 70.0 Å². The van der Waals surface area contributed by atoms with Gasteiger partial charge in [-0.1, -0.05) is 5.16 Å². The largest absolute Gasteiger partial charge is 0.360 e. The van der Waals surface area contributed by atoms with Gasteiger partial charge in [0.15, 0.2) is 5.69 Å². The monoisotopic (exact) mass is 386 g/mol. The lowest BCUT2D eigenvalue weighted by Gasteiger charge is -2.41. The minimum Gasteiger partial charge on any atom is -0.360 e. The number of amides is 2. The highest BCUT2D eigenvalue weighted by atomic mass is 16.5. The Balaban J connectivity index is 1.19. The molecule has 2 amide bonds. The number of nitrogens with two attached hydrogens (primary N) is 1. The van der Waals surface area contributed by atoms with Crippen molar-refractivity contribution in [3.05, 3.63) is 17.5 Å². The summed E-state index contributed by atoms with van der Waals surface area (Å²) in [6.45, 7) is 0. The fourth-order valence-electron chi connectivity index (χ4n) is 5.45. The number of rotatable bonds is 4. The summed E-state index contributed by atoms with van der Waals surface area (Å²) < 4.78 is 5.30. The molecule has 2 saturated heterocycles. The molecule has 4 fully saturated rings. The Kier molecular flexibility index (Phi) is 4.65. The topological polar surface area (TPSA) is 101 Å². The molecule has 7 heteroatoms. The van der Waals surface area contributed by atoms with E-state index in [2.05, 4.69) is 15.4 Å². The average molecular weight is 386 g/mol. The number of nitrogens with zero attached hydrogens (tertiary/aromatic N) is 2. The van der Waals surface area contributed by atoms with Gasteiger partial charge in [0.25, 0.3) is 5.91 Å². The second-order valence-corrected chi connectivity index (χ2v) is 9.27. The molecule has 152 valence electrons. The van der Waals surface area contributed by atoms with Crippen LogP contribution in [0.2, 0.25) is 0 Å². The maximum atomic E-state index is 13.1. The Bertz CT molecular complexity index is 737. The maximum Gasteiger partial charge on any atom is 0.273 e. The van der Waals surface area contributed by atoms with Gasteiger partial charge in [0.1, 0.15) is 5.76 Å². The van der Waals surface area contributed by atoms with Crippen molar-refractivity contribution >= 4 is 11.8 Å². The van der Waals surface area contributed by atoms with Crippen molar-refractivity contribution in [3.8, 4) is 0 Å². The van der Waals surface area contributed by atoms with Crippen LogP contribution in [0.25, 0.3) is 0 Å². The van der Waals surface area contributed by atoms with Gasteiger partial charge in [-0.25, -0.2) is 0 Å². The molecule has 0 unspecified atom stereocenters. The zero-order valence-corrected chi connectivity index (χ0v) is 16.3. The van der Waals surface area contributed by atoms with Gasteiger partial charge in [-0.3, -0.25) is 9.59 Å². The lowest BCUT2D eigenvalue weighted by atomic mass is 9.84. The van der Waals surface area contributed by atoms with Gasteiger partial charge in [-0.2, -0.15) is 0 Å². The number of carbonyl (C=O) groups is 2. The molecule has 0 aromatic carbocycles. The summed E-state index contributed by atoms with van der Waals surface area (Å²) >= 11 is 0. The van der Waals surface area contributed by atoms with Crippen molar-refractivity contribution < 1.29 is 14.1 Å². The first-order valence-corrected chi connectivity index (χ1v) is 10.9. The molecule has 5 rings (SSSR count). The van der Waals surface area contributed by atoms with Crippen LogP contribution in [0.4, 0.5) is 0 Å². The molecular weight excluding hydrogens is 356 g/mol.